The fraction of sp³-hybridized carbons (Fsp3) is 0.294. The standard InChI is InChI=1S/C17H19FN2O2/c1-11-6-13(7-12(2)20-11)10-19-16(9-17(21)22)14-4-3-5-15(18)8-14/h3-8,16,19H,9-10H2,1-2H3,(H,21,22). The fourth-order valence-electron chi connectivity index (χ4n) is 2.47. The van der Waals surface area contributed by atoms with Crippen molar-refractivity contribution in [1.29, 1.82) is 0 Å². The van der Waals surface area contributed by atoms with Gasteiger partial charge in [-0.15, -0.1) is 0 Å². The van der Waals surface area contributed by atoms with Crippen LogP contribution in [0, 0.1) is 19.7 Å². The second kappa shape index (κ2) is 7.13. The summed E-state index contributed by atoms with van der Waals surface area (Å²) in [5.41, 5.74) is 3.48. The van der Waals surface area contributed by atoms with Crippen molar-refractivity contribution < 1.29 is 14.3 Å². The molecule has 0 aliphatic carbocycles. The number of aliphatic carboxylic acids is 1. The smallest absolute Gasteiger partial charge is 0.305 e. The highest BCUT2D eigenvalue weighted by molar-refractivity contribution is 5.67. The Morgan fingerprint density at radius 1 is 1.27 bits per heavy atom. The van der Waals surface area contributed by atoms with E-state index in [1.54, 1.807) is 12.1 Å². The van der Waals surface area contributed by atoms with E-state index >= 15 is 0 Å². The Labute approximate surface area is 129 Å². The van der Waals surface area contributed by atoms with Gasteiger partial charge in [0.05, 0.1) is 6.42 Å². The molecule has 116 valence electrons. The van der Waals surface area contributed by atoms with E-state index in [0.29, 0.717) is 12.1 Å². The number of aromatic nitrogens is 1. The van der Waals surface area contributed by atoms with E-state index in [0.717, 1.165) is 17.0 Å². The first kappa shape index (κ1) is 16.1. The van der Waals surface area contributed by atoms with Gasteiger partial charge in [-0.1, -0.05) is 12.1 Å². The summed E-state index contributed by atoms with van der Waals surface area (Å²) >= 11 is 0. The second-order valence-corrected chi connectivity index (χ2v) is 5.34. The van der Waals surface area contributed by atoms with Gasteiger partial charge in [-0.25, -0.2) is 4.39 Å². The van der Waals surface area contributed by atoms with Crippen molar-refractivity contribution in [1.82, 2.24) is 10.3 Å². The van der Waals surface area contributed by atoms with Gasteiger partial charge in [-0.05, 0) is 49.2 Å². The summed E-state index contributed by atoms with van der Waals surface area (Å²) in [6.07, 6.45) is -0.105. The first-order valence-electron chi connectivity index (χ1n) is 7.09. The van der Waals surface area contributed by atoms with E-state index in [4.69, 9.17) is 5.11 Å². The van der Waals surface area contributed by atoms with Crippen LogP contribution in [0.3, 0.4) is 0 Å². The molecule has 1 unspecified atom stereocenters. The van der Waals surface area contributed by atoms with E-state index in [2.05, 4.69) is 10.3 Å². The molecule has 0 aliphatic heterocycles. The van der Waals surface area contributed by atoms with Gasteiger partial charge >= 0.3 is 5.97 Å². The lowest BCUT2D eigenvalue weighted by molar-refractivity contribution is -0.137. The molecule has 1 aromatic carbocycles. The van der Waals surface area contributed by atoms with E-state index in [-0.39, 0.29) is 12.2 Å². The van der Waals surface area contributed by atoms with Crippen molar-refractivity contribution in [2.24, 2.45) is 0 Å². The van der Waals surface area contributed by atoms with E-state index < -0.39 is 12.0 Å². The molecule has 0 fully saturated rings. The third-order valence-corrected chi connectivity index (χ3v) is 3.32. The Morgan fingerprint density at radius 2 is 1.95 bits per heavy atom. The number of carboxylic acids is 1. The predicted octanol–water partition coefficient (Wildman–Crippen LogP) is 3.14. The average molecular weight is 302 g/mol. The molecule has 5 heteroatoms. The SMILES string of the molecule is Cc1cc(CNC(CC(=O)O)c2cccc(F)c2)cc(C)n1. The van der Waals surface area contributed by atoms with Gasteiger partial charge in [-0.2, -0.15) is 0 Å². The van der Waals surface area contributed by atoms with Crippen LogP contribution in [0.15, 0.2) is 36.4 Å². The Morgan fingerprint density at radius 3 is 2.55 bits per heavy atom. The Bertz CT molecular complexity index is 653. The molecule has 22 heavy (non-hydrogen) atoms. The highest BCUT2D eigenvalue weighted by atomic mass is 19.1. The van der Waals surface area contributed by atoms with Gasteiger partial charge in [0, 0.05) is 24.0 Å². The lowest BCUT2D eigenvalue weighted by atomic mass is 10.0. The summed E-state index contributed by atoms with van der Waals surface area (Å²) in [6, 6.07) is 9.48. The molecular formula is C17H19FN2O2. The lowest BCUT2D eigenvalue weighted by Crippen LogP contribution is -2.23. The molecule has 1 heterocycles. The maximum absolute atomic E-state index is 13.4. The maximum Gasteiger partial charge on any atom is 0.305 e. The summed E-state index contributed by atoms with van der Waals surface area (Å²) in [4.78, 5) is 15.4. The summed E-state index contributed by atoms with van der Waals surface area (Å²) < 4.78 is 13.4. The summed E-state index contributed by atoms with van der Waals surface area (Å²) in [7, 11) is 0. The molecule has 0 aliphatic rings. The van der Waals surface area contributed by atoms with Crippen molar-refractivity contribution in [3.8, 4) is 0 Å². The van der Waals surface area contributed by atoms with Gasteiger partial charge in [0.2, 0.25) is 0 Å². The highest BCUT2D eigenvalue weighted by Crippen LogP contribution is 2.19. The van der Waals surface area contributed by atoms with Crippen LogP contribution in [0.2, 0.25) is 0 Å². The number of benzene rings is 1. The number of aryl methyl sites for hydroxylation is 2. The van der Waals surface area contributed by atoms with E-state index in [1.165, 1.54) is 12.1 Å². The second-order valence-electron chi connectivity index (χ2n) is 5.34. The van der Waals surface area contributed by atoms with Gasteiger partial charge in [0.15, 0.2) is 0 Å². The Hall–Kier alpha value is -2.27. The van der Waals surface area contributed by atoms with Crippen LogP contribution in [0.5, 0.6) is 0 Å². The van der Waals surface area contributed by atoms with Crippen LogP contribution in [-0.2, 0) is 11.3 Å². The molecule has 0 bridgehead atoms. The molecule has 0 saturated heterocycles. The molecule has 2 N–H and O–H groups in total. The number of halogens is 1. The number of nitrogens with zero attached hydrogens (tertiary/aromatic N) is 1. The number of hydrogen-bond acceptors (Lipinski definition) is 3. The third-order valence-electron chi connectivity index (χ3n) is 3.32. The molecule has 1 aromatic heterocycles. The van der Waals surface area contributed by atoms with Crippen LogP contribution in [0.4, 0.5) is 4.39 Å². The van der Waals surface area contributed by atoms with Crippen molar-refractivity contribution in [3.05, 3.63) is 64.7 Å². The minimum absolute atomic E-state index is 0.105. The third kappa shape index (κ3) is 4.63. The maximum atomic E-state index is 13.4. The minimum atomic E-state index is -0.927. The molecule has 2 rings (SSSR count). The van der Waals surface area contributed by atoms with Crippen molar-refractivity contribution in [3.63, 3.8) is 0 Å². The normalized spacial score (nSPS) is 12.1. The quantitative estimate of drug-likeness (QED) is 0.860. The highest BCUT2D eigenvalue weighted by Gasteiger charge is 2.15. The predicted molar refractivity (Wildman–Crippen MR) is 81.9 cm³/mol. The lowest BCUT2D eigenvalue weighted by Gasteiger charge is -2.18. The molecule has 4 nitrogen and oxygen atoms in total. The van der Waals surface area contributed by atoms with E-state index in [1.807, 2.05) is 26.0 Å². The molecule has 0 amide bonds. The van der Waals surface area contributed by atoms with Gasteiger partial charge in [0.25, 0.3) is 0 Å². The average Bonchev–Trinajstić information content (AvgIpc) is 2.42. The number of pyridine rings is 1. The van der Waals surface area contributed by atoms with Gasteiger partial charge in [-0.3, -0.25) is 9.78 Å². The Kier molecular flexibility index (Phi) is 5.22. The number of nitrogens with one attached hydrogen (secondary N) is 1. The monoisotopic (exact) mass is 302 g/mol. The van der Waals surface area contributed by atoms with E-state index in [9.17, 15) is 9.18 Å². The molecule has 1 atom stereocenters. The summed E-state index contributed by atoms with van der Waals surface area (Å²) in [5.74, 6) is -1.30. The van der Waals surface area contributed by atoms with Crippen LogP contribution in [-0.4, -0.2) is 16.1 Å². The largest absolute Gasteiger partial charge is 0.481 e. The topological polar surface area (TPSA) is 62.2 Å². The zero-order valence-electron chi connectivity index (χ0n) is 12.6. The molecule has 0 spiro atoms. The van der Waals surface area contributed by atoms with Crippen LogP contribution >= 0.6 is 0 Å². The number of carbonyl (C=O) groups is 1. The van der Waals surface area contributed by atoms with Crippen molar-refractivity contribution in [2.75, 3.05) is 0 Å². The zero-order chi connectivity index (χ0) is 16.1. The number of hydrogen-bond donors (Lipinski definition) is 2. The first-order chi connectivity index (χ1) is 10.4. The van der Waals surface area contributed by atoms with Crippen LogP contribution < -0.4 is 5.32 Å². The van der Waals surface area contributed by atoms with Crippen molar-refractivity contribution in [2.45, 2.75) is 32.9 Å². The number of carboxylic acid groups (broad SMARTS) is 1. The first-order valence-corrected chi connectivity index (χ1v) is 7.09. The Balaban J connectivity index is 2.14. The summed E-state index contributed by atoms with van der Waals surface area (Å²) in [6.45, 7) is 4.33. The van der Waals surface area contributed by atoms with Gasteiger partial charge < -0.3 is 10.4 Å². The van der Waals surface area contributed by atoms with Crippen molar-refractivity contribution >= 4 is 5.97 Å². The molecule has 0 saturated carbocycles. The fourth-order valence-corrected chi connectivity index (χ4v) is 2.47. The number of rotatable bonds is 6. The molecule has 0 radical (unpaired) electrons. The summed E-state index contributed by atoms with van der Waals surface area (Å²) in [5, 5.41) is 12.2. The zero-order valence-corrected chi connectivity index (χ0v) is 12.6. The van der Waals surface area contributed by atoms with Gasteiger partial charge in [0.1, 0.15) is 5.82 Å². The van der Waals surface area contributed by atoms with Crippen LogP contribution in [0.1, 0.15) is 35.0 Å². The van der Waals surface area contributed by atoms with Crippen LogP contribution in [0.25, 0.3) is 0 Å². The molecule has 2 aromatic rings. The minimum Gasteiger partial charge on any atom is -0.481 e. The molecular weight excluding hydrogens is 283 g/mol.